The summed E-state index contributed by atoms with van der Waals surface area (Å²) >= 11 is 0. The van der Waals surface area contributed by atoms with Crippen LogP contribution in [0.2, 0.25) is 0 Å². The minimum Gasteiger partial charge on any atom is -0.475 e. The molecule has 2 rings (SSSR count). The standard InChI is InChI=1S/C9H8N2O.C2HF3O2/c10-9(12)8-5-6-3-1-2-4-7(6)11-8;3-2(4,5)1(6)7/h1-5,11H,(H2,10,12);(H,6,7). The number of aromatic amines is 1. The molecule has 1 amide bonds. The second-order valence-corrected chi connectivity index (χ2v) is 3.44. The van der Waals surface area contributed by atoms with Crippen LogP contribution in [0, 0.1) is 0 Å². The maximum Gasteiger partial charge on any atom is 0.490 e. The topological polar surface area (TPSA) is 96.2 Å². The quantitative estimate of drug-likeness (QED) is 0.741. The first-order valence-corrected chi connectivity index (χ1v) is 4.89. The minimum atomic E-state index is -5.08. The van der Waals surface area contributed by atoms with Crippen molar-refractivity contribution in [2.75, 3.05) is 0 Å². The molecule has 0 saturated heterocycles. The van der Waals surface area contributed by atoms with E-state index in [9.17, 15) is 18.0 Å². The fourth-order valence-electron chi connectivity index (χ4n) is 1.21. The minimum absolute atomic E-state index is 0.425. The Balaban J connectivity index is 0.000000224. The number of carbonyl (C=O) groups is 2. The average Bonchev–Trinajstić information content (AvgIpc) is 2.72. The number of primary amides is 1. The molecule has 0 saturated carbocycles. The third-order valence-corrected chi connectivity index (χ3v) is 2.04. The molecule has 4 N–H and O–H groups in total. The molecule has 8 heteroatoms. The summed E-state index contributed by atoms with van der Waals surface area (Å²) in [5.41, 5.74) is 6.50. The van der Waals surface area contributed by atoms with Gasteiger partial charge in [-0.1, -0.05) is 18.2 Å². The molecular formula is C11H9F3N2O3. The number of aliphatic carboxylic acids is 1. The Morgan fingerprint density at radius 2 is 1.74 bits per heavy atom. The van der Waals surface area contributed by atoms with E-state index in [1.165, 1.54) is 0 Å². The van der Waals surface area contributed by atoms with Crippen molar-refractivity contribution in [2.24, 2.45) is 5.73 Å². The van der Waals surface area contributed by atoms with Gasteiger partial charge in [-0.2, -0.15) is 13.2 Å². The van der Waals surface area contributed by atoms with Gasteiger partial charge in [-0.15, -0.1) is 0 Å². The molecule has 102 valence electrons. The Bertz CT molecular complexity index is 571. The monoisotopic (exact) mass is 274 g/mol. The van der Waals surface area contributed by atoms with E-state index in [1.807, 2.05) is 24.3 Å². The number of aromatic nitrogens is 1. The number of alkyl halides is 3. The van der Waals surface area contributed by atoms with E-state index < -0.39 is 18.1 Å². The first-order chi connectivity index (χ1) is 8.71. The molecule has 2 aromatic rings. The van der Waals surface area contributed by atoms with Crippen LogP contribution in [0.3, 0.4) is 0 Å². The molecular weight excluding hydrogens is 265 g/mol. The molecule has 1 aromatic carbocycles. The summed E-state index contributed by atoms with van der Waals surface area (Å²) in [6.07, 6.45) is -5.08. The van der Waals surface area contributed by atoms with Gasteiger partial charge >= 0.3 is 12.1 Å². The number of hydrogen-bond acceptors (Lipinski definition) is 2. The van der Waals surface area contributed by atoms with E-state index >= 15 is 0 Å². The van der Waals surface area contributed by atoms with Crippen LogP contribution in [0.15, 0.2) is 30.3 Å². The number of carboxylic acid groups (broad SMARTS) is 1. The Morgan fingerprint density at radius 3 is 2.16 bits per heavy atom. The summed E-state index contributed by atoms with van der Waals surface area (Å²) in [6, 6.07) is 9.41. The summed E-state index contributed by atoms with van der Waals surface area (Å²) < 4.78 is 31.7. The zero-order valence-electron chi connectivity index (χ0n) is 9.36. The van der Waals surface area contributed by atoms with Crippen LogP contribution in [0.4, 0.5) is 13.2 Å². The predicted octanol–water partition coefficient (Wildman–Crippen LogP) is 1.90. The molecule has 0 aliphatic rings. The second-order valence-electron chi connectivity index (χ2n) is 3.44. The molecule has 0 spiro atoms. The molecule has 0 bridgehead atoms. The molecule has 0 aliphatic heterocycles. The maximum atomic E-state index is 10.8. The summed E-state index contributed by atoms with van der Waals surface area (Å²) in [5.74, 6) is -3.18. The number of H-pyrrole nitrogens is 1. The van der Waals surface area contributed by atoms with Crippen LogP contribution in [0.25, 0.3) is 10.9 Å². The lowest BCUT2D eigenvalue weighted by Gasteiger charge is -1.93. The highest BCUT2D eigenvalue weighted by Crippen LogP contribution is 2.14. The van der Waals surface area contributed by atoms with Gasteiger partial charge in [0.1, 0.15) is 5.69 Å². The molecule has 0 atom stereocenters. The van der Waals surface area contributed by atoms with Crippen LogP contribution in [0.5, 0.6) is 0 Å². The number of halogens is 3. The lowest BCUT2D eigenvalue weighted by Crippen LogP contribution is -2.21. The Kier molecular flexibility index (Phi) is 4.15. The van der Waals surface area contributed by atoms with Crippen LogP contribution in [-0.2, 0) is 4.79 Å². The normalized spacial score (nSPS) is 10.7. The van der Waals surface area contributed by atoms with Gasteiger partial charge in [0.2, 0.25) is 0 Å². The molecule has 19 heavy (non-hydrogen) atoms. The van der Waals surface area contributed by atoms with Crippen molar-refractivity contribution < 1.29 is 27.9 Å². The number of fused-ring (bicyclic) bond motifs is 1. The molecule has 1 heterocycles. The molecule has 0 fully saturated rings. The number of nitrogens with two attached hydrogens (primary N) is 1. The number of carboxylic acids is 1. The van der Waals surface area contributed by atoms with E-state index in [2.05, 4.69) is 4.98 Å². The predicted molar refractivity (Wildman–Crippen MR) is 60.5 cm³/mol. The fraction of sp³-hybridized carbons (Fsp3) is 0.0909. The van der Waals surface area contributed by atoms with Crippen LogP contribution in [-0.4, -0.2) is 28.1 Å². The van der Waals surface area contributed by atoms with Crippen molar-refractivity contribution in [1.29, 1.82) is 0 Å². The number of amides is 1. The highest BCUT2D eigenvalue weighted by Gasteiger charge is 2.38. The van der Waals surface area contributed by atoms with Crippen molar-refractivity contribution in [3.8, 4) is 0 Å². The molecule has 5 nitrogen and oxygen atoms in total. The van der Waals surface area contributed by atoms with Gasteiger partial charge in [0.25, 0.3) is 5.91 Å². The van der Waals surface area contributed by atoms with E-state index in [4.69, 9.17) is 15.6 Å². The molecule has 0 aliphatic carbocycles. The number of para-hydroxylation sites is 1. The van der Waals surface area contributed by atoms with Crippen LogP contribution in [0.1, 0.15) is 10.5 Å². The van der Waals surface area contributed by atoms with Crippen molar-refractivity contribution in [3.05, 3.63) is 36.0 Å². The Morgan fingerprint density at radius 1 is 1.21 bits per heavy atom. The van der Waals surface area contributed by atoms with Crippen molar-refractivity contribution in [2.45, 2.75) is 6.18 Å². The number of nitrogens with one attached hydrogen (secondary N) is 1. The summed E-state index contributed by atoms with van der Waals surface area (Å²) in [5, 5.41) is 8.13. The highest BCUT2D eigenvalue weighted by atomic mass is 19.4. The van der Waals surface area contributed by atoms with Gasteiger partial charge in [0.05, 0.1) is 0 Å². The summed E-state index contributed by atoms with van der Waals surface area (Å²) in [7, 11) is 0. The van der Waals surface area contributed by atoms with Crippen LogP contribution >= 0.6 is 0 Å². The fourth-order valence-corrected chi connectivity index (χ4v) is 1.21. The van der Waals surface area contributed by atoms with Gasteiger partial charge in [-0.25, -0.2) is 4.79 Å². The Hall–Kier alpha value is -2.51. The number of carbonyl (C=O) groups excluding carboxylic acids is 1. The van der Waals surface area contributed by atoms with Crippen molar-refractivity contribution in [1.82, 2.24) is 4.98 Å². The van der Waals surface area contributed by atoms with E-state index in [-0.39, 0.29) is 0 Å². The highest BCUT2D eigenvalue weighted by molar-refractivity contribution is 5.96. The SMILES string of the molecule is NC(=O)c1cc2ccccc2[nH]1.O=C(O)C(F)(F)F. The Labute approximate surface area is 104 Å². The summed E-state index contributed by atoms with van der Waals surface area (Å²) in [4.78, 5) is 22.6. The van der Waals surface area contributed by atoms with Gasteiger partial charge < -0.3 is 15.8 Å². The second kappa shape index (κ2) is 5.42. The van der Waals surface area contributed by atoms with Gasteiger partial charge in [-0.3, -0.25) is 4.79 Å². The van der Waals surface area contributed by atoms with Gasteiger partial charge in [0.15, 0.2) is 0 Å². The zero-order valence-corrected chi connectivity index (χ0v) is 9.36. The average molecular weight is 274 g/mol. The first kappa shape index (κ1) is 14.6. The molecule has 1 aromatic heterocycles. The number of benzene rings is 1. The largest absolute Gasteiger partial charge is 0.490 e. The van der Waals surface area contributed by atoms with Crippen molar-refractivity contribution >= 4 is 22.8 Å². The zero-order chi connectivity index (χ0) is 14.6. The third kappa shape index (κ3) is 4.02. The van der Waals surface area contributed by atoms with Crippen LogP contribution < -0.4 is 5.73 Å². The van der Waals surface area contributed by atoms with E-state index in [1.54, 1.807) is 6.07 Å². The van der Waals surface area contributed by atoms with Crippen molar-refractivity contribution in [3.63, 3.8) is 0 Å². The lowest BCUT2D eigenvalue weighted by molar-refractivity contribution is -0.192. The van der Waals surface area contributed by atoms with E-state index in [0.29, 0.717) is 5.69 Å². The molecule has 0 radical (unpaired) electrons. The van der Waals surface area contributed by atoms with E-state index in [0.717, 1.165) is 10.9 Å². The summed E-state index contributed by atoms with van der Waals surface area (Å²) in [6.45, 7) is 0. The smallest absolute Gasteiger partial charge is 0.475 e. The number of rotatable bonds is 1. The lowest BCUT2D eigenvalue weighted by atomic mass is 10.2. The maximum absolute atomic E-state index is 10.8. The third-order valence-electron chi connectivity index (χ3n) is 2.04. The number of hydrogen-bond donors (Lipinski definition) is 3. The van der Waals surface area contributed by atoms with Gasteiger partial charge in [0, 0.05) is 10.9 Å². The first-order valence-electron chi connectivity index (χ1n) is 4.89. The molecule has 0 unspecified atom stereocenters. The van der Waals surface area contributed by atoms with Gasteiger partial charge in [-0.05, 0) is 12.1 Å².